The van der Waals surface area contributed by atoms with Gasteiger partial charge in [0.1, 0.15) is 0 Å². The molecule has 0 aromatic heterocycles. The Kier molecular flexibility index (Phi) is 3.97. The van der Waals surface area contributed by atoms with Gasteiger partial charge in [-0.2, -0.15) is 0 Å². The first-order chi connectivity index (χ1) is 6.40. The zero-order valence-electron chi connectivity index (χ0n) is 8.85. The highest BCUT2D eigenvalue weighted by atomic mass is 14.9. The summed E-state index contributed by atoms with van der Waals surface area (Å²) in [6.45, 7) is 8.31. The lowest BCUT2D eigenvalue weighted by Crippen LogP contribution is -1.99. The van der Waals surface area contributed by atoms with Crippen LogP contribution in [-0.4, -0.2) is 0 Å². The number of nitrogens with one attached hydrogen (secondary N) is 1. The maximum absolute atomic E-state index is 3.34. The molecule has 0 unspecified atom stereocenters. The minimum absolute atomic E-state index is 1.05. The fourth-order valence-electron chi connectivity index (χ4n) is 1.57. The zero-order valence-corrected chi connectivity index (χ0v) is 8.85. The number of benzene rings is 1. The van der Waals surface area contributed by atoms with Gasteiger partial charge in [0.15, 0.2) is 0 Å². The molecule has 1 aromatic rings. The molecular formula is C12H19N. The monoisotopic (exact) mass is 177 g/mol. The largest absolute Gasteiger partial charge is 0.309 e. The van der Waals surface area contributed by atoms with E-state index in [0.29, 0.717) is 0 Å². The van der Waals surface area contributed by atoms with E-state index in [2.05, 4.69) is 30.4 Å². The van der Waals surface area contributed by atoms with Crippen molar-refractivity contribution in [1.29, 1.82) is 0 Å². The Morgan fingerprint density at radius 3 is 2.54 bits per heavy atom. The Morgan fingerprint density at radius 1 is 1.15 bits per heavy atom. The van der Waals surface area contributed by atoms with Gasteiger partial charge in [0, 0.05) is 13.1 Å². The van der Waals surface area contributed by atoms with E-state index < -0.39 is 0 Å². The minimum Gasteiger partial charge on any atom is -0.309 e. The van der Waals surface area contributed by atoms with E-state index in [-0.39, 0.29) is 0 Å². The van der Waals surface area contributed by atoms with Crippen LogP contribution in [0.3, 0.4) is 0 Å². The van der Waals surface area contributed by atoms with Gasteiger partial charge >= 0.3 is 0 Å². The van der Waals surface area contributed by atoms with Crippen LogP contribution in [0.1, 0.15) is 37.5 Å². The lowest BCUT2D eigenvalue weighted by molar-refractivity contribution is 0.764. The van der Waals surface area contributed by atoms with Gasteiger partial charge in [0.05, 0.1) is 0 Å². The van der Waals surface area contributed by atoms with Crippen molar-refractivity contribution in [2.75, 3.05) is 0 Å². The van der Waals surface area contributed by atoms with Gasteiger partial charge in [-0.3, -0.25) is 0 Å². The normalized spacial score (nSPS) is 13.2. The summed E-state index contributed by atoms with van der Waals surface area (Å²) in [5, 5.41) is 3.34. The number of aryl methyl sites for hydroxylation is 1. The molecule has 0 radical (unpaired) electrons. The van der Waals surface area contributed by atoms with Gasteiger partial charge in [-0.05, 0) is 23.1 Å². The van der Waals surface area contributed by atoms with Gasteiger partial charge in [-0.1, -0.05) is 39.0 Å². The van der Waals surface area contributed by atoms with E-state index in [1.807, 2.05) is 13.8 Å². The first kappa shape index (κ1) is 10.3. The molecule has 0 bridgehead atoms. The van der Waals surface area contributed by atoms with E-state index in [4.69, 9.17) is 0 Å². The summed E-state index contributed by atoms with van der Waals surface area (Å²) in [5.41, 5.74) is 4.42. The molecule has 1 aromatic carbocycles. The number of rotatable bonds is 1. The number of hydrogen-bond donors (Lipinski definition) is 1. The Morgan fingerprint density at radius 2 is 1.85 bits per heavy atom. The van der Waals surface area contributed by atoms with E-state index in [1.165, 1.54) is 16.7 Å². The SMILES string of the molecule is CC.CCc1ccc2c(c1)CNC2. The summed E-state index contributed by atoms with van der Waals surface area (Å²) in [4.78, 5) is 0. The first-order valence-corrected chi connectivity index (χ1v) is 5.21. The second-order valence-corrected chi connectivity index (χ2v) is 3.06. The molecule has 0 aliphatic carbocycles. The van der Waals surface area contributed by atoms with Crippen LogP contribution in [0.4, 0.5) is 0 Å². The number of fused-ring (bicyclic) bond motifs is 1. The van der Waals surface area contributed by atoms with Crippen molar-refractivity contribution in [3.63, 3.8) is 0 Å². The molecule has 13 heavy (non-hydrogen) atoms. The lowest BCUT2D eigenvalue weighted by atomic mass is 10.1. The topological polar surface area (TPSA) is 12.0 Å². The van der Waals surface area contributed by atoms with Crippen LogP contribution in [0.15, 0.2) is 18.2 Å². The van der Waals surface area contributed by atoms with Gasteiger partial charge in [-0.25, -0.2) is 0 Å². The smallest absolute Gasteiger partial charge is 0.0212 e. The Hall–Kier alpha value is -0.820. The van der Waals surface area contributed by atoms with Crippen molar-refractivity contribution in [2.45, 2.75) is 40.3 Å². The van der Waals surface area contributed by atoms with E-state index >= 15 is 0 Å². The second-order valence-electron chi connectivity index (χ2n) is 3.06. The van der Waals surface area contributed by atoms with Crippen LogP contribution in [-0.2, 0) is 19.5 Å². The van der Waals surface area contributed by atoms with Crippen LogP contribution >= 0.6 is 0 Å². The molecule has 1 nitrogen and oxygen atoms in total. The van der Waals surface area contributed by atoms with Crippen LogP contribution in [0, 0.1) is 0 Å². The van der Waals surface area contributed by atoms with Crippen LogP contribution in [0.5, 0.6) is 0 Å². The van der Waals surface area contributed by atoms with Crippen molar-refractivity contribution in [1.82, 2.24) is 5.32 Å². The average Bonchev–Trinajstić information content (AvgIpc) is 2.67. The highest BCUT2D eigenvalue weighted by Gasteiger charge is 2.08. The van der Waals surface area contributed by atoms with Gasteiger partial charge in [0.25, 0.3) is 0 Å². The first-order valence-electron chi connectivity index (χ1n) is 5.21. The highest BCUT2D eigenvalue weighted by Crippen LogP contribution is 2.16. The molecule has 72 valence electrons. The molecule has 0 atom stereocenters. The van der Waals surface area contributed by atoms with Crippen molar-refractivity contribution in [2.24, 2.45) is 0 Å². The molecule has 0 saturated carbocycles. The molecule has 1 aliphatic rings. The van der Waals surface area contributed by atoms with Crippen LogP contribution in [0.2, 0.25) is 0 Å². The lowest BCUT2D eigenvalue weighted by Gasteiger charge is -1.99. The standard InChI is InChI=1S/C10H13N.C2H6/c1-2-8-3-4-9-6-11-7-10(9)5-8;1-2/h3-5,11H,2,6-7H2,1H3;1-2H3. The molecule has 2 rings (SSSR count). The summed E-state index contributed by atoms with van der Waals surface area (Å²) < 4.78 is 0. The quantitative estimate of drug-likeness (QED) is 0.695. The molecule has 1 heteroatoms. The summed E-state index contributed by atoms with van der Waals surface area (Å²) in [6.07, 6.45) is 1.15. The maximum atomic E-state index is 3.34. The third-order valence-corrected chi connectivity index (χ3v) is 2.31. The molecule has 1 N–H and O–H groups in total. The minimum atomic E-state index is 1.05. The Balaban J connectivity index is 0.000000396. The fraction of sp³-hybridized carbons (Fsp3) is 0.500. The zero-order chi connectivity index (χ0) is 9.68. The van der Waals surface area contributed by atoms with Crippen molar-refractivity contribution >= 4 is 0 Å². The average molecular weight is 177 g/mol. The van der Waals surface area contributed by atoms with Crippen LogP contribution < -0.4 is 5.32 Å². The molecular weight excluding hydrogens is 158 g/mol. The molecule has 0 amide bonds. The molecule has 1 aliphatic heterocycles. The van der Waals surface area contributed by atoms with Crippen molar-refractivity contribution in [3.05, 3.63) is 34.9 Å². The van der Waals surface area contributed by atoms with Gasteiger partial charge in [-0.15, -0.1) is 0 Å². The van der Waals surface area contributed by atoms with E-state index in [0.717, 1.165) is 19.5 Å². The summed E-state index contributed by atoms with van der Waals surface area (Å²) >= 11 is 0. The summed E-state index contributed by atoms with van der Waals surface area (Å²) in [6, 6.07) is 6.79. The maximum Gasteiger partial charge on any atom is 0.0212 e. The van der Waals surface area contributed by atoms with Gasteiger partial charge < -0.3 is 5.32 Å². The molecule has 0 saturated heterocycles. The molecule has 1 heterocycles. The third-order valence-electron chi connectivity index (χ3n) is 2.31. The van der Waals surface area contributed by atoms with E-state index in [1.54, 1.807) is 0 Å². The summed E-state index contributed by atoms with van der Waals surface area (Å²) in [5.74, 6) is 0. The molecule has 0 fully saturated rings. The van der Waals surface area contributed by atoms with Crippen molar-refractivity contribution < 1.29 is 0 Å². The van der Waals surface area contributed by atoms with Gasteiger partial charge in [0.2, 0.25) is 0 Å². The predicted octanol–water partition coefficient (Wildman–Crippen LogP) is 2.88. The summed E-state index contributed by atoms with van der Waals surface area (Å²) in [7, 11) is 0. The van der Waals surface area contributed by atoms with Crippen molar-refractivity contribution in [3.8, 4) is 0 Å². The fourth-order valence-corrected chi connectivity index (χ4v) is 1.57. The third kappa shape index (κ3) is 2.31. The van der Waals surface area contributed by atoms with E-state index in [9.17, 15) is 0 Å². The number of hydrogen-bond acceptors (Lipinski definition) is 1. The Bertz CT molecular complexity index is 266. The second kappa shape index (κ2) is 5.03. The Labute approximate surface area is 81.2 Å². The highest BCUT2D eigenvalue weighted by molar-refractivity contribution is 5.34. The van der Waals surface area contributed by atoms with Crippen LogP contribution in [0.25, 0.3) is 0 Å². The molecule has 0 spiro atoms. The predicted molar refractivity (Wildman–Crippen MR) is 57.7 cm³/mol.